The number of hydrogen-bond donors (Lipinski definition) is 0. The van der Waals surface area contributed by atoms with Gasteiger partial charge in [-0.2, -0.15) is 0 Å². The molecule has 1 aliphatic rings. The van der Waals surface area contributed by atoms with Crippen molar-refractivity contribution < 1.29 is 14.3 Å². The van der Waals surface area contributed by atoms with Gasteiger partial charge in [-0.3, -0.25) is 9.36 Å². The Bertz CT molecular complexity index is 1460. The Morgan fingerprint density at radius 3 is 2.70 bits per heavy atom. The number of rotatable bonds is 5. The molecule has 0 amide bonds. The van der Waals surface area contributed by atoms with Gasteiger partial charge in [-0.15, -0.1) is 0 Å². The van der Waals surface area contributed by atoms with E-state index in [9.17, 15) is 9.59 Å². The Balaban J connectivity index is 2.00. The third-order valence-electron chi connectivity index (χ3n) is 5.20. The van der Waals surface area contributed by atoms with Gasteiger partial charge in [0.05, 0.1) is 29.5 Å². The van der Waals surface area contributed by atoms with Crippen molar-refractivity contribution in [2.45, 2.75) is 19.9 Å². The third-order valence-corrected chi connectivity index (χ3v) is 6.75. The van der Waals surface area contributed by atoms with Gasteiger partial charge in [0.1, 0.15) is 11.8 Å². The zero-order valence-electron chi connectivity index (χ0n) is 18.1. The number of esters is 1. The number of para-hydroxylation sites is 1. The predicted octanol–water partition coefficient (Wildman–Crippen LogP) is 4.11. The van der Waals surface area contributed by atoms with Crippen LogP contribution in [0.15, 0.2) is 63.5 Å². The van der Waals surface area contributed by atoms with Crippen molar-refractivity contribution in [1.82, 2.24) is 4.57 Å². The van der Waals surface area contributed by atoms with Gasteiger partial charge in [-0.25, -0.2) is 9.79 Å². The van der Waals surface area contributed by atoms with E-state index in [1.165, 1.54) is 15.9 Å². The fourth-order valence-electron chi connectivity index (χ4n) is 3.74. The van der Waals surface area contributed by atoms with E-state index in [2.05, 4.69) is 4.99 Å². The quantitative estimate of drug-likeness (QED) is 0.492. The first-order chi connectivity index (χ1) is 15.8. The number of thiazole rings is 1. The van der Waals surface area contributed by atoms with Crippen LogP contribution < -0.4 is 19.6 Å². The molecular weight excluding hydrogens is 483 g/mol. The first-order valence-electron chi connectivity index (χ1n) is 10.1. The molecule has 1 aromatic heterocycles. The Morgan fingerprint density at radius 2 is 2.00 bits per heavy atom. The van der Waals surface area contributed by atoms with E-state index in [1.54, 1.807) is 51.3 Å². The summed E-state index contributed by atoms with van der Waals surface area (Å²) in [6.07, 6.45) is 1.70. The molecule has 2 aromatic carbocycles. The normalized spacial score (nSPS) is 15.8. The average molecular weight is 503 g/mol. The number of allylic oxidation sites excluding steroid dienone is 1. The lowest BCUT2D eigenvalue weighted by molar-refractivity contribution is -0.139. The van der Waals surface area contributed by atoms with Crippen LogP contribution in [0.5, 0.6) is 5.75 Å². The number of fused-ring (bicyclic) bond motifs is 1. The van der Waals surface area contributed by atoms with Crippen LogP contribution in [0.1, 0.15) is 31.0 Å². The molecule has 33 heavy (non-hydrogen) atoms. The molecule has 2 heterocycles. The summed E-state index contributed by atoms with van der Waals surface area (Å²) < 4.78 is 12.8. The first kappa shape index (κ1) is 23.3. The summed E-state index contributed by atoms with van der Waals surface area (Å²) in [5.41, 5.74) is 1.80. The van der Waals surface area contributed by atoms with E-state index in [4.69, 9.17) is 32.7 Å². The maximum atomic E-state index is 13.6. The van der Waals surface area contributed by atoms with Crippen molar-refractivity contribution in [2.24, 2.45) is 4.99 Å². The number of hydrogen-bond acceptors (Lipinski definition) is 6. The number of halogens is 2. The number of benzene rings is 2. The highest BCUT2D eigenvalue weighted by Gasteiger charge is 2.34. The minimum absolute atomic E-state index is 0.202. The van der Waals surface area contributed by atoms with Crippen molar-refractivity contribution in [1.29, 1.82) is 0 Å². The molecule has 0 saturated carbocycles. The molecule has 9 heteroatoms. The topological polar surface area (TPSA) is 69.9 Å². The van der Waals surface area contributed by atoms with Crippen molar-refractivity contribution in [2.75, 3.05) is 13.7 Å². The SMILES string of the molecule is CCOC(=O)C1=C(C)N=c2s/c(=C\c3ccc(Cl)cc3Cl)c(=O)n2C1c1ccccc1OC. The van der Waals surface area contributed by atoms with Gasteiger partial charge in [0.25, 0.3) is 5.56 Å². The summed E-state index contributed by atoms with van der Waals surface area (Å²) in [6.45, 7) is 3.67. The van der Waals surface area contributed by atoms with Gasteiger partial charge in [-0.05, 0) is 43.7 Å². The highest BCUT2D eigenvalue weighted by molar-refractivity contribution is 7.07. The predicted molar refractivity (Wildman–Crippen MR) is 130 cm³/mol. The van der Waals surface area contributed by atoms with Crippen molar-refractivity contribution in [3.63, 3.8) is 0 Å². The van der Waals surface area contributed by atoms with Crippen LogP contribution in [-0.2, 0) is 9.53 Å². The van der Waals surface area contributed by atoms with Gasteiger partial charge >= 0.3 is 5.97 Å². The third kappa shape index (κ3) is 4.36. The molecule has 0 aliphatic carbocycles. The molecule has 1 unspecified atom stereocenters. The fraction of sp³-hybridized carbons (Fsp3) is 0.208. The molecule has 3 aromatic rings. The monoisotopic (exact) mass is 502 g/mol. The Hall–Kier alpha value is -2.87. The number of carbonyl (C=O) groups is 1. The Morgan fingerprint density at radius 1 is 1.24 bits per heavy atom. The minimum atomic E-state index is -0.751. The van der Waals surface area contributed by atoms with Gasteiger partial charge in [0, 0.05) is 15.6 Å². The molecule has 1 atom stereocenters. The van der Waals surface area contributed by atoms with E-state index in [0.717, 1.165) is 0 Å². The number of aromatic nitrogens is 1. The maximum absolute atomic E-state index is 13.6. The van der Waals surface area contributed by atoms with E-state index >= 15 is 0 Å². The number of ether oxygens (including phenoxy) is 2. The summed E-state index contributed by atoms with van der Waals surface area (Å²) in [4.78, 5) is 31.6. The van der Waals surface area contributed by atoms with Gasteiger partial charge < -0.3 is 9.47 Å². The summed E-state index contributed by atoms with van der Waals surface area (Å²) in [6, 6.07) is 11.6. The molecule has 0 fully saturated rings. The Kier molecular flexibility index (Phi) is 6.74. The highest BCUT2D eigenvalue weighted by atomic mass is 35.5. The lowest BCUT2D eigenvalue weighted by atomic mass is 9.95. The molecular formula is C24H20Cl2N2O4S. The van der Waals surface area contributed by atoms with Crippen LogP contribution in [0.2, 0.25) is 10.0 Å². The summed E-state index contributed by atoms with van der Waals surface area (Å²) in [7, 11) is 1.55. The van der Waals surface area contributed by atoms with Crippen molar-refractivity contribution >= 4 is 46.6 Å². The molecule has 0 radical (unpaired) electrons. The molecule has 0 bridgehead atoms. The average Bonchev–Trinajstić information content (AvgIpc) is 3.09. The summed E-state index contributed by atoms with van der Waals surface area (Å²) in [5.74, 6) is 0.0269. The zero-order chi connectivity index (χ0) is 23.7. The largest absolute Gasteiger partial charge is 0.496 e. The molecule has 4 rings (SSSR count). The molecule has 0 N–H and O–H groups in total. The molecule has 6 nitrogen and oxygen atoms in total. The number of carbonyl (C=O) groups excluding carboxylic acids is 1. The standard InChI is InChI=1S/C24H20Cl2N2O4S/c1-4-32-23(30)20-13(2)27-24-28(21(20)16-7-5-6-8-18(16)31-3)22(29)19(33-24)11-14-9-10-15(25)12-17(14)26/h5-12,21H,4H2,1-3H3/b19-11-. The molecule has 1 aliphatic heterocycles. The van der Waals surface area contributed by atoms with E-state index in [1.807, 2.05) is 18.2 Å². The lowest BCUT2D eigenvalue weighted by Gasteiger charge is -2.25. The second-order valence-electron chi connectivity index (χ2n) is 7.21. The Labute approximate surface area is 204 Å². The number of nitrogens with zero attached hydrogens (tertiary/aromatic N) is 2. The van der Waals surface area contributed by atoms with E-state index in [0.29, 0.717) is 47.5 Å². The second-order valence-corrected chi connectivity index (χ2v) is 9.06. The van der Waals surface area contributed by atoms with Gasteiger partial charge in [0.2, 0.25) is 0 Å². The van der Waals surface area contributed by atoms with Gasteiger partial charge in [-0.1, -0.05) is 58.8 Å². The summed E-state index contributed by atoms with van der Waals surface area (Å²) in [5, 5.41) is 0.933. The van der Waals surface area contributed by atoms with Crippen LogP contribution in [0.3, 0.4) is 0 Å². The molecule has 0 saturated heterocycles. The highest BCUT2D eigenvalue weighted by Crippen LogP contribution is 2.35. The first-order valence-corrected chi connectivity index (χ1v) is 11.7. The van der Waals surface area contributed by atoms with E-state index in [-0.39, 0.29) is 12.2 Å². The molecule has 170 valence electrons. The maximum Gasteiger partial charge on any atom is 0.338 e. The zero-order valence-corrected chi connectivity index (χ0v) is 20.4. The lowest BCUT2D eigenvalue weighted by Crippen LogP contribution is -2.40. The smallest absolute Gasteiger partial charge is 0.338 e. The van der Waals surface area contributed by atoms with Crippen molar-refractivity contribution in [3.8, 4) is 5.75 Å². The van der Waals surface area contributed by atoms with Crippen LogP contribution >= 0.6 is 34.5 Å². The van der Waals surface area contributed by atoms with Crippen molar-refractivity contribution in [3.05, 3.63) is 94.6 Å². The fourth-order valence-corrected chi connectivity index (χ4v) is 5.24. The summed E-state index contributed by atoms with van der Waals surface area (Å²) >= 11 is 13.5. The van der Waals surface area contributed by atoms with Gasteiger partial charge in [0.15, 0.2) is 4.80 Å². The van der Waals surface area contributed by atoms with E-state index < -0.39 is 12.0 Å². The van der Waals surface area contributed by atoms with Crippen LogP contribution in [-0.4, -0.2) is 24.3 Å². The minimum Gasteiger partial charge on any atom is -0.496 e. The number of methoxy groups -OCH3 is 1. The van der Waals surface area contributed by atoms with Crippen LogP contribution in [0.25, 0.3) is 6.08 Å². The van der Waals surface area contributed by atoms with Crippen LogP contribution in [0, 0.1) is 0 Å². The second kappa shape index (κ2) is 9.55. The molecule has 0 spiro atoms. The van der Waals surface area contributed by atoms with Crippen LogP contribution in [0.4, 0.5) is 0 Å².